The number of benzene rings is 1. The fourth-order valence-corrected chi connectivity index (χ4v) is 1.47. The van der Waals surface area contributed by atoms with Crippen molar-refractivity contribution < 1.29 is 9.50 Å². The minimum absolute atomic E-state index is 0.199. The van der Waals surface area contributed by atoms with Crippen molar-refractivity contribution in [3.63, 3.8) is 0 Å². The molecule has 1 heterocycles. The normalized spacial score (nSPS) is 10.4. The zero-order valence-corrected chi connectivity index (χ0v) is 8.81. The average Bonchev–Trinajstić information content (AvgIpc) is 2.29. The van der Waals surface area contributed by atoms with E-state index in [4.69, 9.17) is 5.11 Å². The van der Waals surface area contributed by atoms with Crippen LogP contribution in [0.3, 0.4) is 0 Å². The molecule has 0 aliphatic rings. The van der Waals surface area contributed by atoms with Gasteiger partial charge in [0, 0.05) is 11.3 Å². The molecule has 0 unspecified atom stereocenters. The van der Waals surface area contributed by atoms with Gasteiger partial charge in [-0.1, -0.05) is 0 Å². The van der Waals surface area contributed by atoms with Crippen LogP contribution in [-0.4, -0.2) is 15.1 Å². The van der Waals surface area contributed by atoms with Crippen molar-refractivity contribution >= 4 is 0 Å². The summed E-state index contributed by atoms with van der Waals surface area (Å²) in [7, 11) is 0. The Kier molecular flexibility index (Phi) is 2.92. The Labute approximate surface area is 92.6 Å². The van der Waals surface area contributed by atoms with Gasteiger partial charge >= 0.3 is 0 Å². The molecule has 16 heavy (non-hydrogen) atoms. The molecule has 0 fully saturated rings. The number of aromatic nitrogens is 2. The van der Waals surface area contributed by atoms with Gasteiger partial charge in [-0.3, -0.25) is 0 Å². The van der Waals surface area contributed by atoms with Crippen LogP contribution in [0.2, 0.25) is 0 Å². The molecule has 3 nitrogen and oxygen atoms in total. The van der Waals surface area contributed by atoms with Crippen LogP contribution in [0.15, 0.2) is 30.3 Å². The Bertz CT molecular complexity index is 497. The van der Waals surface area contributed by atoms with Crippen LogP contribution in [0.25, 0.3) is 11.3 Å². The van der Waals surface area contributed by atoms with E-state index in [2.05, 4.69) is 9.97 Å². The molecule has 0 saturated heterocycles. The summed E-state index contributed by atoms with van der Waals surface area (Å²) < 4.78 is 12.8. The first-order valence-corrected chi connectivity index (χ1v) is 4.90. The second-order valence-electron chi connectivity index (χ2n) is 3.48. The first kappa shape index (κ1) is 10.7. The molecular weight excluding hydrogens is 207 g/mol. The topological polar surface area (TPSA) is 46.0 Å². The van der Waals surface area contributed by atoms with E-state index in [-0.39, 0.29) is 12.4 Å². The van der Waals surface area contributed by atoms with Gasteiger partial charge in [0.25, 0.3) is 0 Å². The number of aliphatic hydroxyl groups excluding tert-OH is 1. The standard InChI is InChI=1S/C12H11FN2O/c1-8-6-11(15-12(7-16)14-8)9-2-4-10(13)5-3-9/h2-6,16H,7H2,1H3. The van der Waals surface area contributed by atoms with Crippen molar-refractivity contribution in [1.82, 2.24) is 9.97 Å². The van der Waals surface area contributed by atoms with E-state index in [0.717, 1.165) is 11.3 Å². The SMILES string of the molecule is Cc1cc(-c2ccc(F)cc2)nc(CO)n1. The zero-order chi connectivity index (χ0) is 11.5. The quantitative estimate of drug-likeness (QED) is 0.839. The summed E-state index contributed by atoms with van der Waals surface area (Å²) >= 11 is 0. The lowest BCUT2D eigenvalue weighted by molar-refractivity contribution is 0.271. The van der Waals surface area contributed by atoms with Gasteiger partial charge in [0.1, 0.15) is 12.4 Å². The predicted octanol–water partition coefficient (Wildman–Crippen LogP) is 2.08. The Morgan fingerprint density at radius 2 is 1.88 bits per heavy atom. The molecule has 4 heteroatoms. The molecule has 0 spiro atoms. The molecule has 2 rings (SSSR count). The third-order valence-corrected chi connectivity index (χ3v) is 2.18. The van der Waals surface area contributed by atoms with Crippen LogP contribution in [-0.2, 0) is 6.61 Å². The Hall–Kier alpha value is -1.81. The van der Waals surface area contributed by atoms with Crippen LogP contribution in [0.4, 0.5) is 4.39 Å². The number of aryl methyl sites for hydroxylation is 1. The van der Waals surface area contributed by atoms with E-state index < -0.39 is 0 Å². The number of hydrogen-bond acceptors (Lipinski definition) is 3. The monoisotopic (exact) mass is 218 g/mol. The van der Waals surface area contributed by atoms with Gasteiger partial charge in [-0.15, -0.1) is 0 Å². The minimum atomic E-state index is -0.281. The highest BCUT2D eigenvalue weighted by atomic mass is 19.1. The van der Waals surface area contributed by atoms with Crippen molar-refractivity contribution in [1.29, 1.82) is 0 Å². The van der Waals surface area contributed by atoms with Crippen molar-refractivity contribution in [2.75, 3.05) is 0 Å². The van der Waals surface area contributed by atoms with Gasteiger partial charge in [0.15, 0.2) is 5.82 Å². The molecule has 2 aromatic rings. The molecule has 1 aromatic heterocycles. The summed E-state index contributed by atoms with van der Waals surface area (Å²) in [4.78, 5) is 8.23. The summed E-state index contributed by atoms with van der Waals surface area (Å²) in [5.41, 5.74) is 2.27. The summed E-state index contributed by atoms with van der Waals surface area (Å²) in [6, 6.07) is 7.86. The smallest absolute Gasteiger partial charge is 0.154 e. The molecule has 82 valence electrons. The van der Waals surface area contributed by atoms with Crippen LogP contribution < -0.4 is 0 Å². The molecule has 0 radical (unpaired) electrons. The zero-order valence-electron chi connectivity index (χ0n) is 8.81. The molecule has 0 saturated carbocycles. The fourth-order valence-electron chi connectivity index (χ4n) is 1.47. The summed E-state index contributed by atoms with van der Waals surface area (Å²) in [6.45, 7) is 1.63. The van der Waals surface area contributed by atoms with E-state index in [9.17, 15) is 4.39 Å². The number of halogens is 1. The molecule has 1 N–H and O–H groups in total. The first-order valence-electron chi connectivity index (χ1n) is 4.90. The fraction of sp³-hybridized carbons (Fsp3) is 0.167. The largest absolute Gasteiger partial charge is 0.388 e. The Balaban J connectivity index is 2.47. The molecule has 0 aliphatic heterocycles. The predicted molar refractivity (Wildman–Crippen MR) is 58.1 cm³/mol. The summed E-state index contributed by atoms with van der Waals surface area (Å²) in [5.74, 6) is 0.0937. The van der Waals surface area contributed by atoms with E-state index >= 15 is 0 Å². The molecular formula is C12H11FN2O. The number of rotatable bonds is 2. The van der Waals surface area contributed by atoms with Gasteiger partial charge in [0.2, 0.25) is 0 Å². The van der Waals surface area contributed by atoms with E-state index in [0.29, 0.717) is 11.5 Å². The van der Waals surface area contributed by atoms with Crippen molar-refractivity contribution in [3.05, 3.63) is 47.7 Å². The highest BCUT2D eigenvalue weighted by Gasteiger charge is 2.04. The van der Waals surface area contributed by atoms with Crippen molar-refractivity contribution in [3.8, 4) is 11.3 Å². The second kappa shape index (κ2) is 4.37. The molecule has 0 bridgehead atoms. The van der Waals surface area contributed by atoms with E-state index in [1.54, 1.807) is 18.2 Å². The van der Waals surface area contributed by atoms with Gasteiger partial charge in [-0.25, -0.2) is 14.4 Å². The third kappa shape index (κ3) is 2.23. The Morgan fingerprint density at radius 3 is 2.50 bits per heavy atom. The van der Waals surface area contributed by atoms with Gasteiger partial charge in [0.05, 0.1) is 5.69 Å². The third-order valence-electron chi connectivity index (χ3n) is 2.18. The summed E-state index contributed by atoms with van der Waals surface area (Å²) in [5, 5.41) is 8.99. The molecule has 0 amide bonds. The highest BCUT2D eigenvalue weighted by Crippen LogP contribution is 2.18. The maximum Gasteiger partial charge on any atom is 0.154 e. The lowest BCUT2D eigenvalue weighted by Gasteiger charge is -2.04. The van der Waals surface area contributed by atoms with Crippen LogP contribution >= 0.6 is 0 Å². The second-order valence-corrected chi connectivity index (χ2v) is 3.48. The first-order chi connectivity index (χ1) is 7.69. The maximum absolute atomic E-state index is 12.8. The van der Waals surface area contributed by atoms with Gasteiger partial charge < -0.3 is 5.11 Å². The van der Waals surface area contributed by atoms with Gasteiger partial charge in [-0.2, -0.15) is 0 Å². The van der Waals surface area contributed by atoms with Crippen LogP contribution in [0, 0.1) is 12.7 Å². The maximum atomic E-state index is 12.8. The Morgan fingerprint density at radius 1 is 1.19 bits per heavy atom. The van der Waals surface area contributed by atoms with E-state index in [1.807, 2.05) is 6.92 Å². The molecule has 1 aromatic carbocycles. The number of hydrogen-bond donors (Lipinski definition) is 1. The number of aliphatic hydroxyl groups is 1. The van der Waals surface area contributed by atoms with E-state index in [1.165, 1.54) is 12.1 Å². The summed E-state index contributed by atoms with van der Waals surface area (Å²) in [6.07, 6.45) is 0. The lowest BCUT2D eigenvalue weighted by Crippen LogP contribution is -1.98. The molecule has 0 aliphatic carbocycles. The van der Waals surface area contributed by atoms with Crippen molar-refractivity contribution in [2.45, 2.75) is 13.5 Å². The molecule has 0 atom stereocenters. The number of nitrogens with zero attached hydrogens (tertiary/aromatic N) is 2. The van der Waals surface area contributed by atoms with Gasteiger partial charge in [-0.05, 0) is 37.3 Å². The van der Waals surface area contributed by atoms with Crippen molar-refractivity contribution in [2.24, 2.45) is 0 Å². The highest BCUT2D eigenvalue weighted by molar-refractivity contribution is 5.59. The van der Waals surface area contributed by atoms with Crippen LogP contribution in [0.1, 0.15) is 11.5 Å². The average molecular weight is 218 g/mol. The lowest BCUT2D eigenvalue weighted by atomic mass is 10.1. The minimum Gasteiger partial charge on any atom is -0.388 e. The van der Waals surface area contributed by atoms with Crippen LogP contribution in [0.5, 0.6) is 0 Å².